The molecule has 5 heteroatoms. The van der Waals surface area contributed by atoms with E-state index in [0.717, 1.165) is 16.7 Å². The van der Waals surface area contributed by atoms with Gasteiger partial charge in [-0.2, -0.15) is 0 Å². The van der Waals surface area contributed by atoms with Gasteiger partial charge in [0.25, 0.3) is 0 Å². The smallest absolute Gasteiger partial charge is 0.137 e. The maximum Gasteiger partial charge on any atom is 0.137 e. The summed E-state index contributed by atoms with van der Waals surface area (Å²) in [7, 11) is 0. The molecule has 0 amide bonds. The van der Waals surface area contributed by atoms with Crippen molar-refractivity contribution in [1.82, 2.24) is 9.97 Å². The van der Waals surface area contributed by atoms with Crippen LogP contribution < -0.4 is 11.1 Å². The van der Waals surface area contributed by atoms with Crippen molar-refractivity contribution in [1.29, 1.82) is 0 Å². The summed E-state index contributed by atoms with van der Waals surface area (Å²) < 4.78 is 0. The first-order chi connectivity index (χ1) is 9.11. The number of aromatic nitrogens is 2. The molecule has 1 unspecified atom stereocenters. The van der Waals surface area contributed by atoms with Crippen molar-refractivity contribution in [2.24, 2.45) is 5.92 Å². The predicted molar refractivity (Wildman–Crippen MR) is 77.9 cm³/mol. The van der Waals surface area contributed by atoms with Gasteiger partial charge in [0.15, 0.2) is 0 Å². The first-order valence-electron chi connectivity index (χ1n) is 6.49. The lowest BCUT2D eigenvalue weighted by Crippen LogP contribution is -2.27. The first kappa shape index (κ1) is 13.5. The molecule has 0 saturated heterocycles. The molecule has 0 aliphatic carbocycles. The minimum Gasteiger partial charge on any atom is -0.399 e. The number of hydrogen-bond donors (Lipinski definition) is 3. The lowest BCUT2D eigenvalue weighted by molar-refractivity contribution is 0.267. The third kappa shape index (κ3) is 3.12. The summed E-state index contributed by atoms with van der Waals surface area (Å²) in [5, 5.41) is 13.4. The molecular formula is C14H20N4O. The Morgan fingerprint density at radius 2 is 2.11 bits per heavy atom. The van der Waals surface area contributed by atoms with Crippen LogP contribution in [0.15, 0.2) is 24.5 Å². The zero-order valence-electron chi connectivity index (χ0n) is 11.3. The van der Waals surface area contributed by atoms with E-state index in [-0.39, 0.29) is 12.6 Å². The molecule has 1 heterocycles. The fourth-order valence-corrected chi connectivity index (χ4v) is 2.08. The number of nitrogens with zero attached hydrogens (tertiary/aromatic N) is 2. The number of nitrogens with one attached hydrogen (secondary N) is 1. The van der Waals surface area contributed by atoms with Gasteiger partial charge in [0.1, 0.15) is 12.1 Å². The highest BCUT2D eigenvalue weighted by Crippen LogP contribution is 2.23. The van der Waals surface area contributed by atoms with Gasteiger partial charge in [0.05, 0.1) is 5.52 Å². The van der Waals surface area contributed by atoms with Crippen LogP contribution in [-0.2, 0) is 0 Å². The molecule has 19 heavy (non-hydrogen) atoms. The van der Waals surface area contributed by atoms with Crippen molar-refractivity contribution in [3.8, 4) is 0 Å². The van der Waals surface area contributed by atoms with E-state index >= 15 is 0 Å². The standard InChI is InChI=1S/C14H20N4O/c1-9(2)12(5-6-19)18-14-11-7-10(15)3-4-13(11)16-8-17-14/h3-4,7-9,12,19H,5-6,15H2,1-2H3,(H,16,17,18). The van der Waals surface area contributed by atoms with Crippen molar-refractivity contribution < 1.29 is 5.11 Å². The van der Waals surface area contributed by atoms with E-state index in [4.69, 9.17) is 10.8 Å². The Balaban J connectivity index is 2.36. The summed E-state index contributed by atoms with van der Waals surface area (Å²) >= 11 is 0. The van der Waals surface area contributed by atoms with Crippen LogP contribution in [0.4, 0.5) is 11.5 Å². The summed E-state index contributed by atoms with van der Waals surface area (Å²) in [5.41, 5.74) is 7.37. The fraction of sp³-hybridized carbons (Fsp3) is 0.429. The molecule has 0 spiro atoms. The molecule has 1 atom stereocenters. The van der Waals surface area contributed by atoms with Crippen LogP contribution in [0.1, 0.15) is 20.3 Å². The molecule has 0 saturated carbocycles. The van der Waals surface area contributed by atoms with E-state index in [1.807, 2.05) is 18.2 Å². The number of aliphatic hydroxyl groups excluding tert-OH is 1. The summed E-state index contributed by atoms with van der Waals surface area (Å²) in [6.45, 7) is 4.39. The van der Waals surface area contributed by atoms with Gasteiger partial charge in [-0.15, -0.1) is 0 Å². The Morgan fingerprint density at radius 3 is 2.79 bits per heavy atom. The number of nitrogen functional groups attached to an aromatic ring is 1. The third-order valence-corrected chi connectivity index (χ3v) is 3.23. The van der Waals surface area contributed by atoms with Crippen molar-refractivity contribution in [3.63, 3.8) is 0 Å². The Labute approximate surface area is 112 Å². The van der Waals surface area contributed by atoms with E-state index in [0.29, 0.717) is 18.0 Å². The van der Waals surface area contributed by atoms with Crippen LogP contribution in [0.2, 0.25) is 0 Å². The SMILES string of the molecule is CC(C)C(CCO)Nc1ncnc2ccc(N)cc12. The van der Waals surface area contributed by atoms with Crippen molar-refractivity contribution >= 4 is 22.4 Å². The second-order valence-electron chi connectivity index (χ2n) is 5.01. The van der Waals surface area contributed by atoms with Crippen LogP contribution in [0.5, 0.6) is 0 Å². The van der Waals surface area contributed by atoms with Crippen LogP contribution >= 0.6 is 0 Å². The number of fused-ring (bicyclic) bond motifs is 1. The first-order valence-corrected chi connectivity index (χ1v) is 6.49. The second kappa shape index (κ2) is 5.84. The molecule has 4 N–H and O–H groups in total. The summed E-state index contributed by atoms with van der Waals surface area (Å²) in [4.78, 5) is 8.52. The highest BCUT2D eigenvalue weighted by Gasteiger charge is 2.14. The second-order valence-corrected chi connectivity index (χ2v) is 5.01. The highest BCUT2D eigenvalue weighted by atomic mass is 16.3. The molecule has 0 aliphatic heterocycles. The molecule has 1 aromatic heterocycles. The molecule has 0 bridgehead atoms. The molecule has 0 fully saturated rings. The highest BCUT2D eigenvalue weighted by molar-refractivity contribution is 5.91. The molecule has 1 aromatic carbocycles. The zero-order valence-corrected chi connectivity index (χ0v) is 11.3. The predicted octanol–water partition coefficient (Wildman–Crippen LogP) is 2.03. The number of benzene rings is 1. The molecule has 2 aromatic rings. The van der Waals surface area contributed by atoms with Crippen molar-refractivity contribution in [2.45, 2.75) is 26.3 Å². The van der Waals surface area contributed by atoms with Gasteiger partial charge < -0.3 is 16.2 Å². The van der Waals surface area contributed by atoms with Gasteiger partial charge in [-0.25, -0.2) is 9.97 Å². The lowest BCUT2D eigenvalue weighted by atomic mass is 10.0. The molecule has 0 aliphatic rings. The van der Waals surface area contributed by atoms with Crippen LogP contribution in [0, 0.1) is 5.92 Å². The van der Waals surface area contributed by atoms with Gasteiger partial charge in [-0.1, -0.05) is 13.8 Å². The summed E-state index contributed by atoms with van der Waals surface area (Å²) in [6.07, 6.45) is 2.22. The van der Waals surface area contributed by atoms with Gasteiger partial charge in [-0.3, -0.25) is 0 Å². The molecule has 102 valence electrons. The van der Waals surface area contributed by atoms with E-state index in [2.05, 4.69) is 29.1 Å². The Bertz CT molecular complexity index is 556. The van der Waals surface area contributed by atoms with E-state index < -0.39 is 0 Å². The van der Waals surface area contributed by atoms with E-state index in [9.17, 15) is 0 Å². The number of rotatable bonds is 5. The Hall–Kier alpha value is -1.88. The topological polar surface area (TPSA) is 84.1 Å². The van der Waals surface area contributed by atoms with Gasteiger partial charge in [-0.05, 0) is 30.5 Å². The average Bonchev–Trinajstić information content (AvgIpc) is 2.38. The maximum absolute atomic E-state index is 9.13. The summed E-state index contributed by atoms with van der Waals surface area (Å²) in [6, 6.07) is 5.75. The molecular weight excluding hydrogens is 240 g/mol. The lowest BCUT2D eigenvalue weighted by Gasteiger charge is -2.22. The minimum absolute atomic E-state index is 0.154. The largest absolute Gasteiger partial charge is 0.399 e. The summed E-state index contributed by atoms with van der Waals surface area (Å²) in [5.74, 6) is 1.17. The molecule has 5 nitrogen and oxygen atoms in total. The van der Waals surface area contributed by atoms with Crippen LogP contribution in [0.25, 0.3) is 10.9 Å². The van der Waals surface area contributed by atoms with Crippen molar-refractivity contribution in [3.05, 3.63) is 24.5 Å². The number of nitrogens with two attached hydrogens (primary N) is 1. The quantitative estimate of drug-likeness (QED) is 0.716. The zero-order chi connectivity index (χ0) is 13.8. The van der Waals surface area contributed by atoms with Gasteiger partial charge in [0, 0.05) is 23.7 Å². The third-order valence-electron chi connectivity index (χ3n) is 3.23. The van der Waals surface area contributed by atoms with Crippen LogP contribution in [-0.4, -0.2) is 27.7 Å². The molecule has 0 radical (unpaired) electrons. The van der Waals surface area contributed by atoms with Crippen LogP contribution in [0.3, 0.4) is 0 Å². The number of aliphatic hydroxyl groups is 1. The van der Waals surface area contributed by atoms with E-state index in [1.54, 1.807) is 0 Å². The monoisotopic (exact) mass is 260 g/mol. The van der Waals surface area contributed by atoms with Gasteiger partial charge in [0.2, 0.25) is 0 Å². The normalized spacial score (nSPS) is 12.8. The fourth-order valence-electron chi connectivity index (χ4n) is 2.08. The average molecular weight is 260 g/mol. The minimum atomic E-state index is 0.154. The van der Waals surface area contributed by atoms with E-state index in [1.165, 1.54) is 6.33 Å². The number of anilines is 2. The molecule has 2 rings (SSSR count). The van der Waals surface area contributed by atoms with Gasteiger partial charge >= 0.3 is 0 Å². The maximum atomic E-state index is 9.13. The Kier molecular flexibility index (Phi) is 4.16. The Morgan fingerprint density at radius 1 is 1.32 bits per heavy atom. The van der Waals surface area contributed by atoms with Crippen molar-refractivity contribution in [2.75, 3.05) is 17.7 Å². The number of hydrogen-bond acceptors (Lipinski definition) is 5.